The lowest BCUT2D eigenvalue weighted by molar-refractivity contribution is -0.120. The normalized spacial score (nSPS) is 23.1. The summed E-state index contributed by atoms with van der Waals surface area (Å²) < 4.78 is 40.8. The molecule has 0 aliphatic carbocycles. The Hall–Kier alpha value is -2.97. The number of fused-ring (bicyclic) bond motifs is 2. The van der Waals surface area contributed by atoms with Crippen LogP contribution in [0.4, 0.5) is 15.4 Å². The molecule has 4 rings (SSSR count). The van der Waals surface area contributed by atoms with E-state index in [0.29, 0.717) is 36.8 Å². The van der Waals surface area contributed by atoms with Crippen LogP contribution in [0.2, 0.25) is 0 Å². The van der Waals surface area contributed by atoms with Crippen molar-refractivity contribution < 1.29 is 36.4 Å². The van der Waals surface area contributed by atoms with E-state index in [1.807, 2.05) is 26.8 Å². The molecule has 4 heterocycles. The minimum atomic E-state index is -4.85. The van der Waals surface area contributed by atoms with E-state index in [2.05, 4.69) is 14.6 Å². The SMILES string of the molecule is CC(C)(C)OC(=O)N1CCC(c2ccc(NC(=O)[C@@H]3CCC4CN3C(=O)N4OS(=O)(=O)O)nc2)CC1. The number of amides is 4. The maximum Gasteiger partial charge on any atom is 0.418 e. The maximum atomic E-state index is 12.9. The van der Waals surface area contributed by atoms with Crippen molar-refractivity contribution in [1.82, 2.24) is 19.8 Å². The van der Waals surface area contributed by atoms with E-state index in [0.717, 1.165) is 18.4 Å². The van der Waals surface area contributed by atoms with Crippen molar-refractivity contribution in [1.29, 1.82) is 0 Å². The van der Waals surface area contributed by atoms with Gasteiger partial charge in [0.25, 0.3) is 0 Å². The predicted molar refractivity (Wildman–Crippen MR) is 126 cm³/mol. The summed E-state index contributed by atoms with van der Waals surface area (Å²) in [5.74, 6) is 0.114. The van der Waals surface area contributed by atoms with Gasteiger partial charge in [-0.05, 0) is 64.0 Å². The standard InChI is InChI=1S/C22H31N5O8S/c1-22(2,3)34-21(30)25-10-8-14(9-11-25)15-4-7-18(23-12-15)24-19(28)17-6-5-16-13-26(17)20(29)27(16)35-36(31,32)33/h4,7,12,14,16-17H,5-6,8-11,13H2,1-3H3,(H,23,24,28)(H,31,32,33)/t16?,17-/m0/s1. The fourth-order valence-electron chi connectivity index (χ4n) is 4.76. The Morgan fingerprint density at radius 3 is 2.42 bits per heavy atom. The van der Waals surface area contributed by atoms with Crippen molar-refractivity contribution in [3.63, 3.8) is 0 Å². The number of piperidine rings is 2. The van der Waals surface area contributed by atoms with E-state index in [9.17, 15) is 22.8 Å². The average molecular weight is 526 g/mol. The number of urea groups is 1. The summed E-state index contributed by atoms with van der Waals surface area (Å²) in [6.07, 6.45) is 3.58. The molecule has 3 fully saturated rings. The molecule has 0 saturated carbocycles. The van der Waals surface area contributed by atoms with Gasteiger partial charge in [0, 0.05) is 25.8 Å². The van der Waals surface area contributed by atoms with Crippen LogP contribution >= 0.6 is 0 Å². The highest BCUT2D eigenvalue weighted by Crippen LogP contribution is 2.32. The van der Waals surface area contributed by atoms with Gasteiger partial charge in [-0.1, -0.05) is 6.07 Å². The third-order valence-electron chi connectivity index (χ3n) is 6.46. The first-order chi connectivity index (χ1) is 16.8. The monoisotopic (exact) mass is 525 g/mol. The molecule has 14 heteroatoms. The van der Waals surface area contributed by atoms with Crippen molar-refractivity contribution in [2.45, 2.75) is 70.1 Å². The molecule has 0 spiro atoms. The molecule has 13 nitrogen and oxygen atoms in total. The number of ether oxygens (including phenoxy) is 1. The largest absolute Gasteiger partial charge is 0.444 e. The van der Waals surface area contributed by atoms with Gasteiger partial charge in [0.15, 0.2) is 0 Å². The molecule has 0 aromatic carbocycles. The van der Waals surface area contributed by atoms with Crippen molar-refractivity contribution in [3.05, 3.63) is 23.9 Å². The summed E-state index contributed by atoms with van der Waals surface area (Å²) in [5, 5.41) is 3.31. The summed E-state index contributed by atoms with van der Waals surface area (Å²) in [4.78, 5) is 44.9. The average Bonchev–Trinajstić information content (AvgIpc) is 3.02. The van der Waals surface area contributed by atoms with Gasteiger partial charge < -0.3 is 19.9 Å². The molecule has 2 bridgehead atoms. The highest BCUT2D eigenvalue weighted by Gasteiger charge is 2.49. The molecule has 36 heavy (non-hydrogen) atoms. The van der Waals surface area contributed by atoms with Crippen molar-refractivity contribution in [2.24, 2.45) is 0 Å². The Labute approximate surface area is 209 Å². The topological polar surface area (TPSA) is 159 Å². The molecule has 2 atom stereocenters. The summed E-state index contributed by atoms with van der Waals surface area (Å²) >= 11 is 0. The highest BCUT2D eigenvalue weighted by atomic mass is 32.3. The molecule has 4 amide bonds. The zero-order chi connectivity index (χ0) is 26.3. The van der Waals surface area contributed by atoms with Gasteiger partial charge in [0.1, 0.15) is 17.5 Å². The second kappa shape index (κ2) is 9.82. The quantitative estimate of drug-likeness (QED) is 0.549. The van der Waals surface area contributed by atoms with Crippen LogP contribution in [0, 0.1) is 0 Å². The number of carbonyl (C=O) groups is 3. The summed E-state index contributed by atoms with van der Waals surface area (Å²) in [6, 6.07) is 1.40. The first kappa shape index (κ1) is 26.1. The molecule has 2 N–H and O–H groups in total. The zero-order valence-electron chi connectivity index (χ0n) is 20.4. The highest BCUT2D eigenvalue weighted by molar-refractivity contribution is 7.80. The summed E-state index contributed by atoms with van der Waals surface area (Å²) in [6.45, 7) is 6.80. The molecule has 1 unspecified atom stereocenters. The lowest BCUT2D eigenvalue weighted by Crippen LogP contribution is -2.47. The van der Waals surface area contributed by atoms with Crippen molar-refractivity contribution in [3.8, 4) is 0 Å². The van der Waals surface area contributed by atoms with E-state index < -0.39 is 40.0 Å². The molecular formula is C22H31N5O8S. The first-order valence-corrected chi connectivity index (χ1v) is 13.2. The number of rotatable bonds is 5. The fourth-order valence-corrected chi connectivity index (χ4v) is 5.14. The van der Waals surface area contributed by atoms with Crippen LogP contribution in [0.25, 0.3) is 0 Å². The first-order valence-electron chi connectivity index (χ1n) is 11.8. The minimum Gasteiger partial charge on any atom is -0.444 e. The van der Waals surface area contributed by atoms with Crippen LogP contribution in [0.1, 0.15) is 57.9 Å². The van der Waals surface area contributed by atoms with Crippen LogP contribution in [0.3, 0.4) is 0 Å². The van der Waals surface area contributed by atoms with E-state index in [-0.39, 0.29) is 18.6 Å². The van der Waals surface area contributed by atoms with Gasteiger partial charge >= 0.3 is 22.5 Å². The van der Waals surface area contributed by atoms with E-state index >= 15 is 0 Å². The van der Waals surface area contributed by atoms with Crippen molar-refractivity contribution in [2.75, 3.05) is 25.0 Å². The number of nitrogens with one attached hydrogen (secondary N) is 1. The fraction of sp³-hybridized carbons (Fsp3) is 0.636. The van der Waals surface area contributed by atoms with Gasteiger partial charge in [-0.15, -0.1) is 4.28 Å². The van der Waals surface area contributed by atoms with Crippen molar-refractivity contribution >= 4 is 34.2 Å². The number of hydrogen-bond donors (Lipinski definition) is 2. The van der Waals surface area contributed by atoms with Crippen LogP contribution < -0.4 is 5.32 Å². The number of hydroxylamine groups is 2. The van der Waals surface area contributed by atoms with Crippen LogP contribution in [0.5, 0.6) is 0 Å². The number of carbonyl (C=O) groups excluding carboxylic acids is 3. The summed E-state index contributed by atoms with van der Waals surface area (Å²) in [5.41, 5.74) is 0.470. The second-order valence-corrected chi connectivity index (χ2v) is 11.2. The minimum absolute atomic E-state index is 0.112. The maximum absolute atomic E-state index is 12.9. The summed E-state index contributed by atoms with van der Waals surface area (Å²) in [7, 11) is -4.85. The zero-order valence-corrected chi connectivity index (χ0v) is 21.2. The van der Waals surface area contributed by atoms with Gasteiger partial charge in [0.2, 0.25) is 5.91 Å². The van der Waals surface area contributed by atoms with Gasteiger partial charge in [-0.2, -0.15) is 13.5 Å². The van der Waals surface area contributed by atoms with E-state index in [4.69, 9.17) is 9.29 Å². The molecule has 3 aliphatic heterocycles. The Balaban J connectivity index is 1.31. The number of likely N-dealkylation sites (tertiary alicyclic amines) is 1. The number of aromatic nitrogens is 1. The molecule has 3 saturated heterocycles. The smallest absolute Gasteiger partial charge is 0.418 e. The van der Waals surface area contributed by atoms with Crippen LogP contribution in [-0.4, -0.2) is 88.2 Å². The number of nitrogens with zero attached hydrogens (tertiary/aromatic N) is 4. The Morgan fingerprint density at radius 1 is 1.14 bits per heavy atom. The van der Waals surface area contributed by atoms with Gasteiger partial charge in [-0.3, -0.25) is 9.35 Å². The van der Waals surface area contributed by atoms with Gasteiger partial charge in [0.05, 0.1) is 6.04 Å². The molecular weight excluding hydrogens is 494 g/mol. The lowest BCUT2D eigenvalue weighted by Gasteiger charge is -2.33. The third kappa shape index (κ3) is 6.05. The number of anilines is 1. The van der Waals surface area contributed by atoms with E-state index in [1.165, 1.54) is 4.90 Å². The van der Waals surface area contributed by atoms with Crippen LogP contribution in [0.15, 0.2) is 18.3 Å². The molecule has 3 aliphatic rings. The molecule has 1 aromatic heterocycles. The van der Waals surface area contributed by atoms with Crippen LogP contribution in [-0.2, 0) is 24.2 Å². The predicted octanol–water partition coefficient (Wildman–Crippen LogP) is 2.14. The third-order valence-corrected chi connectivity index (χ3v) is 6.80. The van der Waals surface area contributed by atoms with E-state index in [1.54, 1.807) is 17.2 Å². The molecule has 198 valence electrons. The Kier molecular flexibility index (Phi) is 7.12. The second-order valence-electron chi connectivity index (χ2n) is 10.2. The molecule has 0 radical (unpaired) electrons. The lowest BCUT2D eigenvalue weighted by atomic mass is 9.90. The Bertz CT molecular complexity index is 1110. The number of pyridine rings is 1. The molecule has 1 aromatic rings. The number of hydrogen-bond acceptors (Lipinski definition) is 8. The Morgan fingerprint density at radius 2 is 1.83 bits per heavy atom. The van der Waals surface area contributed by atoms with Gasteiger partial charge in [-0.25, -0.2) is 14.6 Å².